The minimum absolute atomic E-state index is 0.219. The predicted molar refractivity (Wildman–Crippen MR) is 82.4 cm³/mol. The average Bonchev–Trinajstić information content (AvgIpc) is 2.45. The summed E-state index contributed by atoms with van der Waals surface area (Å²) in [6, 6.07) is 10.2. The number of aromatic nitrogens is 1. The summed E-state index contributed by atoms with van der Waals surface area (Å²) in [5.41, 5.74) is 2.20. The summed E-state index contributed by atoms with van der Waals surface area (Å²) >= 11 is 0. The van der Waals surface area contributed by atoms with E-state index in [2.05, 4.69) is 37.0 Å². The summed E-state index contributed by atoms with van der Waals surface area (Å²) in [7, 11) is 0. The smallest absolute Gasteiger partial charge is 0.0824 e. The van der Waals surface area contributed by atoms with Gasteiger partial charge in [0.1, 0.15) is 0 Å². The lowest BCUT2D eigenvalue weighted by molar-refractivity contribution is 0.00392. The number of nitrogens with zero attached hydrogens (tertiary/aromatic N) is 1. The van der Waals surface area contributed by atoms with Crippen molar-refractivity contribution in [2.75, 3.05) is 0 Å². The maximum absolute atomic E-state index is 10.8. The Morgan fingerprint density at radius 1 is 1.25 bits per heavy atom. The van der Waals surface area contributed by atoms with Crippen LogP contribution in [0.15, 0.2) is 36.5 Å². The SMILES string of the molecule is CC1(C)CCCCC1C(O)c1ccc2cccnc2c1. The molecule has 2 heteroatoms. The Morgan fingerprint density at radius 3 is 2.90 bits per heavy atom. The molecule has 106 valence electrons. The molecule has 1 aromatic heterocycles. The van der Waals surface area contributed by atoms with Crippen molar-refractivity contribution >= 4 is 10.9 Å². The highest BCUT2D eigenvalue weighted by Crippen LogP contribution is 2.46. The number of pyridine rings is 1. The van der Waals surface area contributed by atoms with Gasteiger partial charge in [0, 0.05) is 11.6 Å². The second-order valence-corrected chi connectivity index (χ2v) is 6.74. The molecule has 1 N–H and O–H groups in total. The van der Waals surface area contributed by atoms with Gasteiger partial charge in [0.25, 0.3) is 0 Å². The molecule has 1 aliphatic carbocycles. The number of rotatable bonds is 2. The maximum atomic E-state index is 10.8. The van der Waals surface area contributed by atoms with Crippen LogP contribution in [-0.2, 0) is 0 Å². The van der Waals surface area contributed by atoms with E-state index in [-0.39, 0.29) is 11.5 Å². The molecule has 2 unspecified atom stereocenters. The van der Waals surface area contributed by atoms with Gasteiger partial charge < -0.3 is 5.11 Å². The topological polar surface area (TPSA) is 33.1 Å². The second kappa shape index (κ2) is 5.17. The van der Waals surface area contributed by atoms with Gasteiger partial charge in [-0.05, 0) is 41.9 Å². The van der Waals surface area contributed by atoms with Crippen LogP contribution >= 0.6 is 0 Å². The lowest BCUT2D eigenvalue weighted by Gasteiger charge is -2.41. The molecule has 0 spiro atoms. The Morgan fingerprint density at radius 2 is 2.10 bits per heavy atom. The van der Waals surface area contributed by atoms with Gasteiger partial charge in [0.05, 0.1) is 11.6 Å². The highest BCUT2D eigenvalue weighted by molar-refractivity contribution is 5.78. The number of hydrogen-bond donors (Lipinski definition) is 1. The minimum Gasteiger partial charge on any atom is -0.388 e. The largest absolute Gasteiger partial charge is 0.388 e. The number of aliphatic hydroxyl groups is 1. The molecule has 1 aromatic carbocycles. The van der Waals surface area contributed by atoms with Crippen molar-refractivity contribution in [2.24, 2.45) is 11.3 Å². The molecule has 0 radical (unpaired) electrons. The van der Waals surface area contributed by atoms with Gasteiger partial charge in [0.2, 0.25) is 0 Å². The van der Waals surface area contributed by atoms with Crippen molar-refractivity contribution in [1.82, 2.24) is 4.98 Å². The fourth-order valence-electron chi connectivity index (χ4n) is 3.61. The molecular formula is C18H23NO. The zero-order valence-electron chi connectivity index (χ0n) is 12.3. The standard InChI is InChI=1S/C18H23NO/c1-18(2)10-4-3-7-15(18)17(20)14-9-8-13-6-5-11-19-16(13)12-14/h5-6,8-9,11-12,15,17,20H,3-4,7,10H2,1-2H3. The van der Waals surface area contributed by atoms with Crippen molar-refractivity contribution in [1.29, 1.82) is 0 Å². The molecule has 1 saturated carbocycles. The van der Waals surface area contributed by atoms with Crippen LogP contribution in [0.25, 0.3) is 10.9 Å². The Hall–Kier alpha value is -1.41. The third-order valence-corrected chi connectivity index (χ3v) is 4.94. The van der Waals surface area contributed by atoms with E-state index in [0.29, 0.717) is 5.92 Å². The normalized spacial score (nSPS) is 23.6. The van der Waals surface area contributed by atoms with Crippen LogP contribution in [0.1, 0.15) is 51.2 Å². The molecule has 0 bridgehead atoms. The fourth-order valence-corrected chi connectivity index (χ4v) is 3.61. The van der Waals surface area contributed by atoms with Crippen LogP contribution < -0.4 is 0 Å². The summed E-state index contributed by atoms with van der Waals surface area (Å²) in [5.74, 6) is 0.345. The van der Waals surface area contributed by atoms with E-state index in [0.717, 1.165) is 22.9 Å². The first-order chi connectivity index (χ1) is 9.58. The van der Waals surface area contributed by atoms with Gasteiger partial charge in [-0.2, -0.15) is 0 Å². The first kappa shape index (κ1) is 13.6. The van der Waals surface area contributed by atoms with Crippen LogP contribution in [0.4, 0.5) is 0 Å². The van der Waals surface area contributed by atoms with Gasteiger partial charge in [-0.15, -0.1) is 0 Å². The molecule has 2 atom stereocenters. The molecule has 0 amide bonds. The Kier molecular flexibility index (Phi) is 3.51. The van der Waals surface area contributed by atoms with Gasteiger partial charge in [-0.25, -0.2) is 0 Å². The van der Waals surface area contributed by atoms with Crippen LogP contribution in [0.2, 0.25) is 0 Å². The van der Waals surface area contributed by atoms with Crippen LogP contribution in [-0.4, -0.2) is 10.1 Å². The van der Waals surface area contributed by atoms with Gasteiger partial charge in [-0.3, -0.25) is 4.98 Å². The third kappa shape index (κ3) is 2.45. The van der Waals surface area contributed by atoms with Crippen LogP contribution in [0.5, 0.6) is 0 Å². The summed E-state index contributed by atoms with van der Waals surface area (Å²) in [6.07, 6.45) is 6.28. The average molecular weight is 269 g/mol. The molecule has 20 heavy (non-hydrogen) atoms. The molecule has 2 aromatic rings. The molecular weight excluding hydrogens is 246 g/mol. The third-order valence-electron chi connectivity index (χ3n) is 4.94. The van der Waals surface area contributed by atoms with Crippen LogP contribution in [0, 0.1) is 11.3 Å². The summed E-state index contributed by atoms with van der Waals surface area (Å²) in [5, 5.41) is 11.9. The van der Waals surface area contributed by atoms with Crippen molar-refractivity contribution in [3.63, 3.8) is 0 Å². The van der Waals surface area contributed by atoms with Crippen molar-refractivity contribution in [3.05, 3.63) is 42.1 Å². The molecule has 2 nitrogen and oxygen atoms in total. The monoisotopic (exact) mass is 269 g/mol. The van der Waals surface area contributed by atoms with Crippen molar-refractivity contribution in [2.45, 2.75) is 45.6 Å². The molecule has 1 aliphatic rings. The molecule has 0 saturated heterocycles. The Balaban J connectivity index is 1.93. The first-order valence-electron chi connectivity index (χ1n) is 7.61. The quantitative estimate of drug-likeness (QED) is 0.871. The predicted octanol–water partition coefficient (Wildman–Crippen LogP) is 4.48. The zero-order chi connectivity index (χ0) is 14.2. The van der Waals surface area contributed by atoms with Gasteiger partial charge >= 0.3 is 0 Å². The highest BCUT2D eigenvalue weighted by Gasteiger charge is 2.37. The van der Waals surface area contributed by atoms with Gasteiger partial charge in [-0.1, -0.05) is 44.9 Å². The molecule has 3 rings (SSSR count). The first-order valence-corrected chi connectivity index (χ1v) is 7.61. The zero-order valence-corrected chi connectivity index (χ0v) is 12.3. The lowest BCUT2D eigenvalue weighted by atomic mass is 9.65. The van der Waals surface area contributed by atoms with E-state index in [1.807, 2.05) is 18.3 Å². The van der Waals surface area contributed by atoms with E-state index >= 15 is 0 Å². The molecule has 1 heterocycles. The minimum atomic E-state index is -0.378. The maximum Gasteiger partial charge on any atom is 0.0824 e. The van der Waals surface area contributed by atoms with Gasteiger partial charge in [0.15, 0.2) is 0 Å². The van der Waals surface area contributed by atoms with Crippen LogP contribution in [0.3, 0.4) is 0 Å². The molecule has 0 aliphatic heterocycles. The van der Waals surface area contributed by atoms with E-state index in [1.54, 1.807) is 0 Å². The number of fused-ring (bicyclic) bond motifs is 1. The van der Waals surface area contributed by atoms with E-state index in [4.69, 9.17) is 0 Å². The van der Waals surface area contributed by atoms with E-state index in [1.165, 1.54) is 19.3 Å². The number of hydrogen-bond acceptors (Lipinski definition) is 2. The summed E-state index contributed by atoms with van der Waals surface area (Å²) < 4.78 is 0. The van der Waals surface area contributed by atoms with E-state index < -0.39 is 0 Å². The summed E-state index contributed by atoms with van der Waals surface area (Å²) in [6.45, 7) is 4.58. The number of benzene rings is 1. The fraction of sp³-hybridized carbons (Fsp3) is 0.500. The number of aliphatic hydroxyl groups excluding tert-OH is 1. The van der Waals surface area contributed by atoms with Crippen molar-refractivity contribution < 1.29 is 5.11 Å². The Labute approximate surface area is 120 Å². The Bertz CT molecular complexity index is 605. The second-order valence-electron chi connectivity index (χ2n) is 6.74. The highest BCUT2D eigenvalue weighted by atomic mass is 16.3. The molecule has 1 fully saturated rings. The van der Waals surface area contributed by atoms with E-state index in [9.17, 15) is 5.11 Å². The summed E-state index contributed by atoms with van der Waals surface area (Å²) in [4.78, 5) is 4.39. The lowest BCUT2D eigenvalue weighted by Crippen LogP contribution is -2.32. The van der Waals surface area contributed by atoms with Crippen molar-refractivity contribution in [3.8, 4) is 0 Å².